The minimum atomic E-state index is -1.23. The summed E-state index contributed by atoms with van der Waals surface area (Å²) in [7, 11) is 0. The van der Waals surface area contributed by atoms with Crippen LogP contribution >= 0.6 is 0 Å². The van der Waals surface area contributed by atoms with Gasteiger partial charge in [-0.2, -0.15) is 0 Å². The lowest BCUT2D eigenvalue weighted by Crippen LogP contribution is -2.57. The topological polar surface area (TPSA) is 102 Å². The summed E-state index contributed by atoms with van der Waals surface area (Å²) in [5.41, 5.74) is -0.252. The van der Waals surface area contributed by atoms with Gasteiger partial charge in [-0.05, 0) is 5.56 Å². The summed E-state index contributed by atoms with van der Waals surface area (Å²) >= 11 is 0. The predicted molar refractivity (Wildman–Crippen MR) is 70.3 cm³/mol. The van der Waals surface area contributed by atoms with Crippen LogP contribution in [0.4, 0.5) is 0 Å². The monoisotopic (exact) mass is 268 g/mol. The van der Waals surface area contributed by atoms with Crippen LogP contribution in [-0.4, -0.2) is 53.1 Å². The summed E-state index contributed by atoms with van der Waals surface area (Å²) < 4.78 is 0. The molecule has 6 nitrogen and oxygen atoms in total. The second-order valence-electron chi connectivity index (χ2n) is 4.37. The molecule has 0 unspecified atom stereocenters. The van der Waals surface area contributed by atoms with E-state index in [2.05, 4.69) is 10.6 Å². The molecule has 5 N–H and O–H groups in total. The first kappa shape index (κ1) is 15.6. The van der Waals surface area contributed by atoms with Crippen LogP contribution in [0.15, 0.2) is 30.3 Å². The first-order valence-electron chi connectivity index (χ1n) is 6.04. The molecule has 106 valence electrons. The fourth-order valence-electron chi connectivity index (χ4n) is 1.44. The zero-order valence-electron chi connectivity index (χ0n) is 10.7. The van der Waals surface area contributed by atoms with Crippen molar-refractivity contribution in [3.05, 3.63) is 35.9 Å². The van der Waals surface area contributed by atoms with Gasteiger partial charge in [0.2, 0.25) is 5.91 Å². The van der Waals surface area contributed by atoms with Gasteiger partial charge in [-0.25, -0.2) is 0 Å². The van der Waals surface area contributed by atoms with E-state index in [1.165, 1.54) is 0 Å². The van der Waals surface area contributed by atoms with Gasteiger partial charge in [0.05, 0.1) is 31.9 Å². The average molecular weight is 268 g/mol. The lowest BCUT2D eigenvalue weighted by Gasteiger charge is -2.28. The maximum absolute atomic E-state index is 11.6. The summed E-state index contributed by atoms with van der Waals surface area (Å²) in [5, 5.41) is 32.6. The highest BCUT2D eigenvalue weighted by Crippen LogP contribution is 2.01. The number of aliphatic hydroxyl groups excluding tert-OH is 3. The predicted octanol–water partition coefficient (Wildman–Crippen LogP) is -1.39. The van der Waals surface area contributed by atoms with Crippen molar-refractivity contribution in [3.8, 4) is 0 Å². The minimum Gasteiger partial charge on any atom is -0.394 e. The molecule has 0 aliphatic heterocycles. The van der Waals surface area contributed by atoms with Crippen LogP contribution in [0.1, 0.15) is 5.56 Å². The van der Waals surface area contributed by atoms with E-state index in [9.17, 15) is 4.79 Å². The van der Waals surface area contributed by atoms with Crippen molar-refractivity contribution in [1.29, 1.82) is 0 Å². The Balaban J connectivity index is 2.35. The quantitative estimate of drug-likeness (QED) is 0.399. The summed E-state index contributed by atoms with van der Waals surface area (Å²) in [6.07, 6.45) is 0. The Hall–Kier alpha value is -1.47. The average Bonchev–Trinajstić information content (AvgIpc) is 2.48. The molecule has 0 fully saturated rings. The Bertz CT molecular complexity index is 371. The summed E-state index contributed by atoms with van der Waals surface area (Å²) in [5.74, 6) is -0.274. The first-order valence-corrected chi connectivity index (χ1v) is 6.04. The number of hydrogen-bond donors (Lipinski definition) is 5. The lowest BCUT2D eigenvalue weighted by molar-refractivity contribution is -0.121. The van der Waals surface area contributed by atoms with Gasteiger partial charge in [0.1, 0.15) is 0 Å². The van der Waals surface area contributed by atoms with Crippen LogP contribution in [0.5, 0.6) is 0 Å². The van der Waals surface area contributed by atoms with Crippen LogP contribution in [0.3, 0.4) is 0 Å². The van der Waals surface area contributed by atoms with Gasteiger partial charge in [-0.3, -0.25) is 10.1 Å². The first-order chi connectivity index (χ1) is 9.15. The molecule has 19 heavy (non-hydrogen) atoms. The molecule has 6 heteroatoms. The SMILES string of the molecule is O=C(CNC(CO)(CO)CO)NCc1ccccc1. The Morgan fingerprint density at radius 3 is 2.16 bits per heavy atom. The molecular formula is C13H20N2O4. The number of nitrogens with one attached hydrogen (secondary N) is 2. The number of carbonyl (C=O) groups excluding carboxylic acids is 1. The zero-order chi connectivity index (χ0) is 14.1. The van der Waals surface area contributed by atoms with E-state index >= 15 is 0 Å². The van der Waals surface area contributed by atoms with Gasteiger partial charge < -0.3 is 20.6 Å². The van der Waals surface area contributed by atoms with E-state index in [-0.39, 0.29) is 12.5 Å². The minimum absolute atomic E-state index is 0.0888. The van der Waals surface area contributed by atoms with Crippen molar-refractivity contribution in [1.82, 2.24) is 10.6 Å². The molecular weight excluding hydrogens is 248 g/mol. The summed E-state index contributed by atoms with van der Waals surface area (Å²) in [6.45, 7) is -1.04. The normalized spacial score (nSPS) is 11.3. The fraction of sp³-hybridized carbons (Fsp3) is 0.462. The highest BCUT2D eigenvalue weighted by molar-refractivity contribution is 5.78. The standard InChI is InChI=1S/C13H20N2O4/c16-8-13(9-17,10-18)15-7-12(19)14-6-11-4-2-1-3-5-11/h1-5,15-18H,6-10H2,(H,14,19). The number of aliphatic hydroxyl groups is 3. The van der Waals surface area contributed by atoms with Crippen LogP contribution in [0.25, 0.3) is 0 Å². The molecule has 1 rings (SSSR count). The molecule has 1 aromatic carbocycles. The molecule has 0 spiro atoms. The van der Waals surface area contributed by atoms with Crippen molar-refractivity contribution in [3.63, 3.8) is 0 Å². The number of rotatable bonds is 8. The third-order valence-electron chi connectivity index (χ3n) is 2.86. The molecule has 1 aromatic rings. The van der Waals surface area contributed by atoms with Crippen LogP contribution < -0.4 is 10.6 Å². The molecule has 0 radical (unpaired) electrons. The summed E-state index contributed by atoms with van der Waals surface area (Å²) in [6, 6.07) is 9.45. The molecule has 0 atom stereocenters. The third kappa shape index (κ3) is 4.96. The number of carbonyl (C=O) groups is 1. The van der Waals surface area contributed by atoms with Gasteiger partial charge in [-0.15, -0.1) is 0 Å². The molecule has 1 amide bonds. The van der Waals surface area contributed by atoms with Gasteiger partial charge in [0, 0.05) is 6.54 Å². The van der Waals surface area contributed by atoms with E-state index in [4.69, 9.17) is 15.3 Å². The van der Waals surface area contributed by atoms with Gasteiger partial charge in [0.25, 0.3) is 0 Å². The molecule has 0 heterocycles. The fourth-order valence-corrected chi connectivity index (χ4v) is 1.44. The highest BCUT2D eigenvalue weighted by atomic mass is 16.3. The Morgan fingerprint density at radius 1 is 1.05 bits per heavy atom. The Labute approximate surface area is 112 Å². The largest absolute Gasteiger partial charge is 0.394 e. The van der Waals surface area contributed by atoms with Gasteiger partial charge >= 0.3 is 0 Å². The van der Waals surface area contributed by atoms with Crippen molar-refractivity contribution in [2.45, 2.75) is 12.1 Å². The zero-order valence-corrected chi connectivity index (χ0v) is 10.7. The Morgan fingerprint density at radius 2 is 1.63 bits per heavy atom. The lowest BCUT2D eigenvalue weighted by atomic mass is 10.0. The van der Waals surface area contributed by atoms with E-state index in [1.54, 1.807) is 0 Å². The van der Waals surface area contributed by atoms with Crippen molar-refractivity contribution in [2.75, 3.05) is 26.4 Å². The third-order valence-corrected chi connectivity index (χ3v) is 2.86. The van der Waals surface area contributed by atoms with Crippen molar-refractivity contribution >= 4 is 5.91 Å². The molecule has 0 aromatic heterocycles. The number of hydrogen-bond acceptors (Lipinski definition) is 5. The van der Waals surface area contributed by atoms with Gasteiger partial charge in [0.15, 0.2) is 0 Å². The Kier molecular flexibility index (Phi) is 6.44. The van der Waals surface area contributed by atoms with Crippen LogP contribution in [0.2, 0.25) is 0 Å². The summed E-state index contributed by atoms with van der Waals surface area (Å²) in [4.78, 5) is 11.6. The molecule has 0 saturated heterocycles. The van der Waals surface area contributed by atoms with Crippen molar-refractivity contribution < 1.29 is 20.1 Å². The second-order valence-corrected chi connectivity index (χ2v) is 4.37. The van der Waals surface area contributed by atoms with E-state index in [1.807, 2.05) is 30.3 Å². The maximum atomic E-state index is 11.6. The van der Waals surface area contributed by atoms with E-state index < -0.39 is 25.4 Å². The van der Waals surface area contributed by atoms with Gasteiger partial charge in [-0.1, -0.05) is 30.3 Å². The number of benzene rings is 1. The maximum Gasteiger partial charge on any atom is 0.234 e. The van der Waals surface area contributed by atoms with E-state index in [0.29, 0.717) is 6.54 Å². The smallest absolute Gasteiger partial charge is 0.234 e. The molecule has 0 aliphatic rings. The molecule has 0 saturated carbocycles. The van der Waals surface area contributed by atoms with Crippen LogP contribution in [-0.2, 0) is 11.3 Å². The molecule has 0 aliphatic carbocycles. The second kappa shape index (κ2) is 7.85. The number of amides is 1. The molecule has 0 bridgehead atoms. The highest BCUT2D eigenvalue weighted by Gasteiger charge is 2.27. The van der Waals surface area contributed by atoms with E-state index in [0.717, 1.165) is 5.56 Å². The van der Waals surface area contributed by atoms with Crippen LogP contribution in [0, 0.1) is 0 Å². The van der Waals surface area contributed by atoms with Crippen molar-refractivity contribution in [2.24, 2.45) is 0 Å².